The van der Waals surface area contributed by atoms with Crippen molar-refractivity contribution in [1.29, 1.82) is 0 Å². The Kier molecular flexibility index (Phi) is 6.01. The predicted molar refractivity (Wildman–Crippen MR) is 133 cm³/mol. The van der Waals surface area contributed by atoms with Crippen LogP contribution in [0.2, 0.25) is 0 Å². The van der Waals surface area contributed by atoms with Crippen molar-refractivity contribution in [3.63, 3.8) is 0 Å². The number of ether oxygens (including phenoxy) is 1. The van der Waals surface area contributed by atoms with Crippen molar-refractivity contribution in [2.45, 2.75) is 25.4 Å². The van der Waals surface area contributed by atoms with Crippen molar-refractivity contribution in [3.05, 3.63) is 102 Å². The second-order valence-corrected chi connectivity index (χ2v) is 9.22. The van der Waals surface area contributed by atoms with Gasteiger partial charge in [-0.3, -0.25) is 4.79 Å². The molecule has 0 aliphatic rings. The van der Waals surface area contributed by atoms with E-state index in [9.17, 15) is 23.8 Å². The van der Waals surface area contributed by atoms with Crippen LogP contribution in [-0.2, 0) is 10.2 Å². The first-order valence-electron chi connectivity index (χ1n) is 11.5. The van der Waals surface area contributed by atoms with Crippen molar-refractivity contribution < 1.29 is 28.5 Å². The van der Waals surface area contributed by atoms with Crippen LogP contribution >= 0.6 is 0 Å². The Morgan fingerprint density at radius 2 is 1.86 bits per heavy atom. The predicted octanol–water partition coefficient (Wildman–Crippen LogP) is 6.07. The zero-order chi connectivity index (χ0) is 26.3. The Morgan fingerprint density at radius 3 is 2.65 bits per heavy atom. The summed E-state index contributed by atoms with van der Waals surface area (Å²) < 4.78 is 34.9. The highest BCUT2D eigenvalue weighted by Gasteiger charge is 2.30. The maximum atomic E-state index is 14.8. The lowest BCUT2D eigenvalue weighted by Crippen LogP contribution is -2.28. The number of H-pyrrole nitrogens is 2. The number of carboxylic acid groups (broad SMARTS) is 1. The van der Waals surface area contributed by atoms with E-state index in [2.05, 4.69) is 15.0 Å². The van der Waals surface area contributed by atoms with Gasteiger partial charge in [-0.05, 0) is 43.2 Å². The lowest BCUT2D eigenvalue weighted by atomic mass is 9.83. The molecule has 0 unspecified atom stereocenters. The van der Waals surface area contributed by atoms with Crippen LogP contribution in [0.5, 0.6) is 11.5 Å². The van der Waals surface area contributed by atoms with Gasteiger partial charge in [0.2, 0.25) is 0 Å². The van der Waals surface area contributed by atoms with Crippen molar-refractivity contribution in [2.75, 3.05) is 0 Å². The zero-order valence-corrected chi connectivity index (χ0v) is 19.9. The van der Waals surface area contributed by atoms with Crippen molar-refractivity contribution >= 4 is 16.9 Å². The molecule has 2 aromatic heterocycles. The molecule has 0 spiro atoms. The number of hydrogen-bond donors (Lipinski definition) is 4. The molecule has 0 radical (unpaired) electrons. The highest BCUT2D eigenvalue weighted by atomic mass is 19.1. The molecule has 5 rings (SSSR count). The molecule has 0 bridgehead atoms. The number of carboxylic acids is 1. The smallest absolute Gasteiger partial charge is 0.313 e. The molecule has 0 amide bonds. The molecule has 4 N–H and O–H groups in total. The van der Waals surface area contributed by atoms with Gasteiger partial charge >= 0.3 is 5.97 Å². The largest absolute Gasteiger partial charge is 0.481 e. The highest BCUT2D eigenvalue weighted by Crippen LogP contribution is 2.34. The lowest BCUT2D eigenvalue weighted by Gasteiger charge is -2.21. The molecular weight excluding hydrogens is 480 g/mol. The summed E-state index contributed by atoms with van der Waals surface area (Å²) in [6.07, 6.45) is 1.91. The fourth-order valence-electron chi connectivity index (χ4n) is 4.05. The van der Waals surface area contributed by atoms with Crippen molar-refractivity contribution in [2.24, 2.45) is 0 Å². The van der Waals surface area contributed by atoms with Gasteiger partial charge in [0.05, 0.1) is 22.8 Å². The highest BCUT2D eigenvalue weighted by molar-refractivity contribution is 5.82. The number of fused-ring (bicyclic) bond motifs is 1. The first-order valence-corrected chi connectivity index (χ1v) is 11.5. The monoisotopic (exact) mass is 503 g/mol. The van der Waals surface area contributed by atoms with Gasteiger partial charge < -0.3 is 24.9 Å². The number of aromatic amines is 2. The number of benzene rings is 3. The fraction of sp³-hybridized carbons (Fsp3) is 0.143. The average Bonchev–Trinajstić information content (AvgIpc) is 3.56. The summed E-state index contributed by atoms with van der Waals surface area (Å²) >= 11 is 0. The third kappa shape index (κ3) is 4.45. The van der Waals surface area contributed by atoms with Crippen LogP contribution in [0.1, 0.15) is 36.8 Å². The molecule has 0 aliphatic heterocycles. The normalized spacial score (nSPS) is 12.6. The summed E-state index contributed by atoms with van der Waals surface area (Å²) in [6, 6.07) is 16.0. The number of halogens is 2. The third-order valence-electron chi connectivity index (χ3n) is 6.38. The number of imidazole rings is 1. The zero-order valence-electron chi connectivity index (χ0n) is 19.9. The van der Waals surface area contributed by atoms with Crippen LogP contribution < -0.4 is 4.74 Å². The molecule has 2 heterocycles. The van der Waals surface area contributed by atoms with Gasteiger partial charge in [-0.2, -0.15) is 0 Å². The molecule has 0 fully saturated rings. The summed E-state index contributed by atoms with van der Waals surface area (Å²) in [6.45, 7) is 3.19. The van der Waals surface area contributed by atoms with Crippen LogP contribution in [0.4, 0.5) is 8.78 Å². The molecule has 3 aromatic carbocycles. The Hall–Kier alpha value is -4.50. The summed E-state index contributed by atoms with van der Waals surface area (Å²) in [7, 11) is 0. The second-order valence-electron chi connectivity index (χ2n) is 9.22. The van der Waals surface area contributed by atoms with E-state index in [-0.39, 0.29) is 11.1 Å². The van der Waals surface area contributed by atoms with Crippen LogP contribution in [0.3, 0.4) is 0 Å². The second kappa shape index (κ2) is 9.18. The maximum Gasteiger partial charge on any atom is 0.313 e. The van der Waals surface area contributed by atoms with Gasteiger partial charge in [-0.25, -0.2) is 13.8 Å². The first-order chi connectivity index (χ1) is 17.6. The number of aliphatic carboxylic acids is 1. The minimum atomic E-state index is -1.13. The van der Waals surface area contributed by atoms with Crippen molar-refractivity contribution in [3.8, 4) is 22.9 Å². The number of carbonyl (C=O) groups is 1. The number of rotatable bonds is 7. The topological polar surface area (TPSA) is 111 Å². The summed E-state index contributed by atoms with van der Waals surface area (Å²) in [5, 5.41) is 20.7. The van der Waals surface area contributed by atoms with Crippen LogP contribution in [-0.4, -0.2) is 31.1 Å². The minimum Gasteiger partial charge on any atom is -0.481 e. The lowest BCUT2D eigenvalue weighted by molar-refractivity contribution is -0.142. The SMILES string of the molecule is CC(C)(C(=O)O)c1cccc([C@H](O)c2cnc(-c3cccc(Oc4c(F)cc5[nH]ccc5c4F)c3)[nH]2)c1. The quantitative estimate of drug-likeness (QED) is 0.215. The number of aliphatic hydroxyl groups excluding tert-OH is 1. The number of aliphatic hydroxyl groups is 1. The molecule has 9 heteroatoms. The van der Waals surface area contributed by atoms with Crippen LogP contribution in [0.25, 0.3) is 22.3 Å². The average molecular weight is 504 g/mol. The molecular formula is C28H23F2N3O4. The van der Waals surface area contributed by atoms with Gasteiger partial charge in [-0.15, -0.1) is 0 Å². The molecule has 1 atom stereocenters. The number of nitrogens with zero attached hydrogens (tertiary/aromatic N) is 1. The van der Waals surface area contributed by atoms with E-state index in [4.69, 9.17) is 4.74 Å². The first kappa shape index (κ1) is 24.2. The number of aromatic nitrogens is 3. The van der Waals surface area contributed by atoms with Gasteiger partial charge in [0.25, 0.3) is 0 Å². The summed E-state index contributed by atoms with van der Waals surface area (Å²) in [5.74, 6) is -2.52. The standard InChI is InChI=1S/C28H23F2N3O4/c1-28(2,27(35)36)17-7-3-5-15(11-17)24(34)22-14-32-26(33-22)16-6-4-8-18(12-16)37-25-20(29)13-21-19(23(25)30)9-10-31-21/h3-14,24,31,34H,1-2H3,(H,32,33)(H,35,36)/t24-/m0/s1. The summed E-state index contributed by atoms with van der Waals surface area (Å²) in [4.78, 5) is 21.8. The minimum absolute atomic E-state index is 0.201. The number of hydrogen-bond acceptors (Lipinski definition) is 4. The van der Waals surface area contributed by atoms with Gasteiger partial charge in [0, 0.05) is 23.2 Å². The van der Waals surface area contributed by atoms with Crippen LogP contribution in [0.15, 0.2) is 73.1 Å². The van der Waals surface area contributed by atoms with E-state index in [1.807, 2.05) is 0 Å². The summed E-state index contributed by atoms with van der Waals surface area (Å²) in [5.41, 5.74) is 1.22. The third-order valence-corrected chi connectivity index (χ3v) is 6.38. The van der Waals surface area contributed by atoms with Crippen LogP contribution in [0, 0.1) is 11.6 Å². The molecule has 0 saturated heterocycles. The van der Waals surface area contributed by atoms with Gasteiger partial charge in [-0.1, -0.05) is 36.4 Å². The molecule has 5 aromatic rings. The Balaban J connectivity index is 1.40. The Labute approximate surface area is 210 Å². The molecule has 0 saturated carbocycles. The van der Waals surface area contributed by atoms with Crippen molar-refractivity contribution in [1.82, 2.24) is 15.0 Å². The van der Waals surface area contributed by atoms with E-state index in [0.29, 0.717) is 33.7 Å². The van der Waals surface area contributed by atoms with E-state index in [1.165, 1.54) is 24.5 Å². The van der Waals surface area contributed by atoms with E-state index in [1.54, 1.807) is 62.4 Å². The fourth-order valence-corrected chi connectivity index (χ4v) is 4.05. The molecule has 7 nitrogen and oxygen atoms in total. The Bertz CT molecular complexity index is 1620. The molecule has 0 aliphatic carbocycles. The number of nitrogens with one attached hydrogen (secondary N) is 2. The van der Waals surface area contributed by atoms with E-state index >= 15 is 0 Å². The maximum absolute atomic E-state index is 14.8. The molecule has 188 valence electrons. The molecule has 37 heavy (non-hydrogen) atoms. The van der Waals surface area contributed by atoms with E-state index < -0.39 is 34.9 Å². The Morgan fingerprint density at radius 1 is 1.08 bits per heavy atom. The van der Waals surface area contributed by atoms with E-state index in [0.717, 1.165) is 0 Å². The van der Waals surface area contributed by atoms with Gasteiger partial charge in [0.1, 0.15) is 17.7 Å². The van der Waals surface area contributed by atoms with Gasteiger partial charge in [0.15, 0.2) is 17.4 Å².